The number of benzene rings is 2. The summed E-state index contributed by atoms with van der Waals surface area (Å²) in [4.78, 5) is 12.1. The van der Waals surface area contributed by atoms with E-state index in [1.54, 1.807) is 0 Å². The van der Waals surface area contributed by atoms with Gasteiger partial charge in [0, 0.05) is 11.4 Å². The fraction of sp³-hybridized carbons (Fsp3) is 0.316. The largest absolute Gasteiger partial charge is 0.494 e. The van der Waals surface area contributed by atoms with Gasteiger partial charge in [-0.05, 0) is 55.7 Å². The highest BCUT2D eigenvalue weighted by Crippen LogP contribution is 2.18. The number of amides is 1. The number of carbonyl (C=O) groups is 1. The van der Waals surface area contributed by atoms with E-state index in [4.69, 9.17) is 16.3 Å². The number of nitrogens with one attached hydrogen (secondary N) is 1. The van der Waals surface area contributed by atoms with Crippen molar-refractivity contribution in [3.8, 4) is 5.75 Å². The molecular formula is C19H22ClNO2. The van der Waals surface area contributed by atoms with Crippen molar-refractivity contribution in [1.29, 1.82) is 0 Å². The lowest BCUT2D eigenvalue weighted by atomic mass is 10.1. The summed E-state index contributed by atoms with van der Waals surface area (Å²) in [5, 5.41) is 3.73. The van der Waals surface area contributed by atoms with Gasteiger partial charge in [0.1, 0.15) is 5.75 Å². The monoisotopic (exact) mass is 331 g/mol. The van der Waals surface area contributed by atoms with Gasteiger partial charge in [-0.25, -0.2) is 0 Å². The molecule has 1 unspecified atom stereocenters. The summed E-state index contributed by atoms with van der Waals surface area (Å²) >= 11 is 5.85. The molecule has 2 aromatic carbocycles. The summed E-state index contributed by atoms with van der Waals surface area (Å²) in [7, 11) is 0. The zero-order valence-corrected chi connectivity index (χ0v) is 14.3. The van der Waals surface area contributed by atoms with Crippen molar-refractivity contribution in [2.45, 2.75) is 32.7 Å². The van der Waals surface area contributed by atoms with Crippen molar-refractivity contribution in [3.05, 3.63) is 64.7 Å². The van der Waals surface area contributed by atoms with Crippen LogP contribution >= 0.6 is 11.6 Å². The molecular weight excluding hydrogens is 310 g/mol. The van der Waals surface area contributed by atoms with Crippen molar-refractivity contribution < 1.29 is 9.53 Å². The molecule has 0 aliphatic carbocycles. The maximum atomic E-state index is 12.1. The molecule has 0 radical (unpaired) electrons. The molecule has 0 saturated carbocycles. The third kappa shape index (κ3) is 5.61. The summed E-state index contributed by atoms with van der Waals surface area (Å²) < 4.78 is 5.42. The fourth-order valence-electron chi connectivity index (χ4n) is 2.33. The number of hydrogen-bond acceptors (Lipinski definition) is 2. The molecule has 0 spiro atoms. The third-order valence-corrected chi connectivity index (χ3v) is 3.87. The molecule has 0 fully saturated rings. The number of rotatable bonds is 7. The van der Waals surface area contributed by atoms with Gasteiger partial charge in [0.25, 0.3) is 0 Å². The van der Waals surface area contributed by atoms with Gasteiger partial charge in [-0.1, -0.05) is 35.9 Å². The molecule has 3 nitrogen and oxygen atoms in total. The lowest BCUT2D eigenvalue weighted by molar-refractivity contribution is -0.121. The van der Waals surface area contributed by atoms with Crippen LogP contribution in [0.2, 0.25) is 5.02 Å². The van der Waals surface area contributed by atoms with E-state index in [9.17, 15) is 4.79 Å². The lowest BCUT2D eigenvalue weighted by Gasteiger charge is -2.15. The minimum atomic E-state index is -0.0246. The van der Waals surface area contributed by atoms with Gasteiger partial charge in [-0.2, -0.15) is 0 Å². The van der Waals surface area contributed by atoms with Gasteiger partial charge in [0.15, 0.2) is 0 Å². The summed E-state index contributed by atoms with van der Waals surface area (Å²) in [5.41, 5.74) is 2.17. The normalized spacial score (nSPS) is 11.8. The van der Waals surface area contributed by atoms with E-state index in [-0.39, 0.29) is 11.9 Å². The molecule has 1 atom stereocenters. The van der Waals surface area contributed by atoms with Crippen LogP contribution in [-0.4, -0.2) is 12.5 Å². The number of halogens is 1. The van der Waals surface area contributed by atoms with Gasteiger partial charge in [0.05, 0.1) is 12.6 Å². The summed E-state index contributed by atoms with van der Waals surface area (Å²) in [6.45, 7) is 4.59. The summed E-state index contributed by atoms with van der Waals surface area (Å²) in [6.07, 6.45) is 1.17. The molecule has 0 bridgehead atoms. The topological polar surface area (TPSA) is 38.3 Å². The van der Waals surface area contributed by atoms with Crippen molar-refractivity contribution in [2.24, 2.45) is 0 Å². The van der Waals surface area contributed by atoms with Crippen LogP contribution in [0.15, 0.2) is 48.5 Å². The Labute approximate surface area is 142 Å². The maximum Gasteiger partial charge on any atom is 0.220 e. The van der Waals surface area contributed by atoms with Crippen LogP contribution in [0.1, 0.15) is 37.4 Å². The predicted octanol–water partition coefficient (Wildman–Crippen LogP) is 4.55. The second kappa shape index (κ2) is 8.59. The lowest BCUT2D eigenvalue weighted by Crippen LogP contribution is -2.26. The van der Waals surface area contributed by atoms with Gasteiger partial charge < -0.3 is 10.1 Å². The van der Waals surface area contributed by atoms with E-state index in [1.807, 2.05) is 62.4 Å². The van der Waals surface area contributed by atoms with E-state index in [0.29, 0.717) is 24.5 Å². The van der Waals surface area contributed by atoms with E-state index >= 15 is 0 Å². The Kier molecular flexibility index (Phi) is 6.48. The molecule has 4 heteroatoms. The number of aryl methyl sites for hydroxylation is 1. The quantitative estimate of drug-likeness (QED) is 0.808. The molecule has 122 valence electrons. The Bertz CT molecular complexity index is 623. The van der Waals surface area contributed by atoms with Crippen LogP contribution in [0.4, 0.5) is 0 Å². The highest BCUT2D eigenvalue weighted by Gasteiger charge is 2.10. The van der Waals surface area contributed by atoms with E-state index in [2.05, 4.69) is 5.32 Å². The van der Waals surface area contributed by atoms with Crippen molar-refractivity contribution in [1.82, 2.24) is 5.32 Å². The summed E-state index contributed by atoms with van der Waals surface area (Å²) in [6, 6.07) is 15.4. The zero-order valence-electron chi connectivity index (χ0n) is 13.5. The van der Waals surface area contributed by atoms with Gasteiger partial charge in [-0.3, -0.25) is 4.79 Å². The Morgan fingerprint density at radius 3 is 2.39 bits per heavy atom. The molecule has 1 N–H and O–H groups in total. The minimum Gasteiger partial charge on any atom is -0.494 e. The average molecular weight is 332 g/mol. The second-order valence-corrected chi connectivity index (χ2v) is 5.85. The second-order valence-electron chi connectivity index (χ2n) is 5.42. The van der Waals surface area contributed by atoms with Crippen LogP contribution in [0.25, 0.3) is 0 Å². The average Bonchev–Trinajstić information content (AvgIpc) is 2.55. The standard InChI is InChI=1S/C19H22ClNO2/c1-3-23-18-11-7-16(8-12-18)14(2)21-19(22)13-6-15-4-9-17(20)10-5-15/h4-5,7-12,14H,3,6,13H2,1-2H3,(H,21,22). The van der Waals surface area contributed by atoms with Crippen molar-refractivity contribution in [3.63, 3.8) is 0 Å². The van der Waals surface area contributed by atoms with Gasteiger partial charge >= 0.3 is 0 Å². The predicted molar refractivity (Wildman–Crippen MR) is 93.9 cm³/mol. The molecule has 0 saturated heterocycles. The van der Waals surface area contributed by atoms with Gasteiger partial charge in [-0.15, -0.1) is 0 Å². The van der Waals surface area contributed by atoms with E-state index in [0.717, 1.165) is 16.9 Å². The first kappa shape index (κ1) is 17.4. The first-order chi connectivity index (χ1) is 11.1. The van der Waals surface area contributed by atoms with Crippen LogP contribution in [0, 0.1) is 0 Å². The summed E-state index contributed by atoms with van der Waals surface area (Å²) in [5.74, 6) is 0.888. The first-order valence-electron chi connectivity index (χ1n) is 7.85. The van der Waals surface area contributed by atoms with E-state index < -0.39 is 0 Å². The third-order valence-electron chi connectivity index (χ3n) is 3.62. The van der Waals surface area contributed by atoms with Gasteiger partial charge in [0.2, 0.25) is 5.91 Å². The molecule has 0 aromatic heterocycles. The molecule has 1 amide bonds. The Morgan fingerprint density at radius 2 is 1.78 bits per heavy atom. The Hall–Kier alpha value is -2.00. The fourth-order valence-corrected chi connectivity index (χ4v) is 2.45. The minimum absolute atomic E-state index is 0.0246. The molecule has 2 aromatic rings. The molecule has 0 aliphatic rings. The maximum absolute atomic E-state index is 12.1. The van der Waals surface area contributed by atoms with Crippen LogP contribution < -0.4 is 10.1 Å². The van der Waals surface area contributed by atoms with Crippen molar-refractivity contribution in [2.75, 3.05) is 6.61 Å². The van der Waals surface area contributed by atoms with Crippen LogP contribution in [-0.2, 0) is 11.2 Å². The van der Waals surface area contributed by atoms with E-state index in [1.165, 1.54) is 0 Å². The zero-order chi connectivity index (χ0) is 16.7. The highest BCUT2D eigenvalue weighted by atomic mass is 35.5. The molecule has 0 aliphatic heterocycles. The SMILES string of the molecule is CCOc1ccc(C(C)NC(=O)CCc2ccc(Cl)cc2)cc1. The first-order valence-corrected chi connectivity index (χ1v) is 8.23. The number of hydrogen-bond donors (Lipinski definition) is 1. The smallest absolute Gasteiger partial charge is 0.220 e. The Balaban J connectivity index is 1.82. The molecule has 23 heavy (non-hydrogen) atoms. The molecule has 2 rings (SSSR count). The van der Waals surface area contributed by atoms with Crippen LogP contribution in [0.5, 0.6) is 5.75 Å². The molecule has 0 heterocycles. The van der Waals surface area contributed by atoms with Crippen molar-refractivity contribution >= 4 is 17.5 Å². The van der Waals surface area contributed by atoms with Crippen LogP contribution in [0.3, 0.4) is 0 Å². The highest BCUT2D eigenvalue weighted by molar-refractivity contribution is 6.30. The Morgan fingerprint density at radius 1 is 1.13 bits per heavy atom. The number of ether oxygens (including phenoxy) is 1. The number of carbonyl (C=O) groups excluding carboxylic acids is 1.